The van der Waals surface area contributed by atoms with E-state index in [1.165, 1.54) is 103 Å². The Balaban J connectivity index is 1.83. The number of unbranched alkanes of at least 4 members (excludes halogenated alkanes) is 12. The van der Waals surface area contributed by atoms with E-state index in [0.29, 0.717) is 0 Å². The minimum atomic E-state index is 1.13. The van der Waals surface area contributed by atoms with Gasteiger partial charge in [0.15, 0.2) is 0 Å². The summed E-state index contributed by atoms with van der Waals surface area (Å²) < 4.78 is 0. The molecule has 1 aliphatic rings. The van der Waals surface area contributed by atoms with Gasteiger partial charge in [-0.05, 0) is 12.8 Å². The van der Waals surface area contributed by atoms with Gasteiger partial charge in [0.1, 0.15) is 0 Å². The lowest BCUT2D eigenvalue weighted by Gasteiger charge is -2.21. The first-order chi connectivity index (χ1) is 11.4. The summed E-state index contributed by atoms with van der Waals surface area (Å²) in [6, 6.07) is 0. The van der Waals surface area contributed by atoms with Gasteiger partial charge < -0.3 is 9.80 Å². The maximum absolute atomic E-state index is 2.49. The predicted octanol–water partition coefficient (Wildman–Crippen LogP) is 6.53. The van der Waals surface area contributed by atoms with Crippen LogP contribution in [-0.2, 0) is 0 Å². The van der Waals surface area contributed by atoms with E-state index in [0.717, 1.165) is 6.67 Å². The Hall–Kier alpha value is -0.660. The van der Waals surface area contributed by atoms with Gasteiger partial charge in [-0.2, -0.15) is 0 Å². The number of hydrogen-bond donors (Lipinski definition) is 0. The summed E-state index contributed by atoms with van der Waals surface area (Å²) in [4.78, 5) is 4.97. The van der Waals surface area contributed by atoms with Crippen LogP contribution in [0.3, 0.4) is 0 Å². The van der Waals surface area contributed by atoms with E-state index in [1.807, 2.05) is 0 Å². The molecule has 0 bridgehead atoms. The first kappa shape index (κ1) is 20.4. The molecular formula is C21H42N2. The summed E-state index contributed by atoms with van der Waals surface area (Å²) in [6.45, 7) is 8.19. The Kier molecular flexibility index (Phi) is 13.2. The average Bonchev–Trinajstić information content (AvgIpc) is 3.01. The van der Waals surface area contributed by atoms with Crippen LogP contribution in [0.4, 0.5) is 0 Å². The number of hydrogen-bond acceptors (Lipinski definition) is 2. The van der Waals surface area contributed by atoms with Crippen molar-refractivity contribution in [1.29, 1.82) is 0 Å². The van der Waals surface area contributed by atoms with Crippen LogP contribution in [0.5, 0.6) is 0 Å². The third-order valence-corrected chi connectivity index (χ3v) is 4.95. The number of rotatable bonds is 16. The molecule has 136 valence electrons. The van der Waals surface area contributed by atoms with Crippen LogP contribution in [-0.4, -0.2) is 29.6 Å². The van der Waals surface area contributed by atoms with Crippen molar-refractivity contribution >= 4 is 0 Å². The van der Waals surface area contributed by atoms with Gasteiger partial charge in [-0.25, -0.2) is 0 Å². The van der Waals surface area contributed by atoms with Crippen LogP contribution in [0, 0.1) is 0 Å². The summed E-state index contributed by atoms with van der Waals surface area (Å²) in [5.74, 6) is 0. The molecule has 1 rings (SSSR count). The highest BCUT2D eigenvalue weighted by atomic mass is 15.3. The maximum atomic E-state index is 2.49. The Bertz CT molecular complexity index is 275. The molecule has 0 radical (unpaired) electrons. The van der Waals surface area contributed by atoms with Crippen molar-refractivity contribution in [3.8, 4) is 0 Å². The SMILES string of the molecule is CCCCCCCCCCCCN1C=CN(CCCCCC)C1. The van der Waals surface area contributed by atoms with Crippen molar-refractivity contribution in [3.63, 3.8) is 0 Å². The molecule has 0 atom stereocenters. The van der Waals surface area contributed by atoms with Gasteiger partial charge in [0, 0.05) is 25.5 Å². The lowest BCUT2D eigenvalue weighted by molar-refractivity contribution is 0.257. The molecule has 2 nitrogen and oxygen atoms in total. The van der Waals surface area contributed by atoms with Crippen LogP contribution in [0.25, 0.3) is 0 Å². The van der Waals surface area contributed by atoms with Gasteiger partial charge in [-0.15, -0.1) is 0 Å². The van der Waals surface area contributed by atoms with Crippen LogP contribution in [0.2, 0.25) is 0 Å². The highest BCUT2D eigenvalue weighted by Gasteiger charge is 2.10. The zero-order valence-corrected chi connectivity index (χ0v) is 16.1. The summed E-state index contributed by atoms with van der Waals surface area (Å²) in [7, 11) is 0. The molecule has 0 N–H and O–H groups in total. The van der Waals surface area contributed by atoms with Gasteiger partial charge in [0.05, 0.1) is 6.67 Å². The summed E-state index contributed by atoms with van der Waals surface area (Å²) in [6.07, 6.45) is 24.3. The molecule has 0 unspecified atom stereocenters. The maximum Gasteiger partial charge on any atom is 0.0893 e. The standard InChI is InChI=1S/C21H42N2/c1-3-5-7-9-10-11-12-13-14-16-18-23-20-19-22(21-23)17-15-8-6-4-2/h19-20H,3-18,21H2,1-2H3. The van der Waals surface area contributed by atoms with Crippen LogP contribution in [0.15, 0.2) is 12.4 Å². The zero-order chi connectivity index (χ0) is 16.6. The van der Waals surface area contributed by atoms with Gasteiger partial charge in [0.25, 0.3) is 0 Å². The Morgan fingerprint density at radius 3 is 1.30 bits per heavy atom. The normalized spacial score (nSPS) is 14.2. The Labute approximate surface area is 146 Å². The molecule has 1 aliphatic heterocycles. The second-order valence-corrected chi connectivity index (χ2v) is 7.31. The van der Waals surface area contributed by atoms with E-state index in [2.05, 4.69) is 36.0 Å². The largest absolute Gasteiger partial charge is 0.359 e. The Morgan fingerprint density at radius 1 is 0.522 bits per heavy atom. The number of nitrogens with zero attached hydrogens (tertiary/aromatic N) is 2. The van der Waals surface area contributed by atoms with E-state index in [4.69, 9.17) is 0 Å². The molecular weight excluding hydrogens is 280 g/mol. The molecule has 2 heteroatoms. The molecule has 23 heavy (non-hydrogen) atoms. The van der Waals surface area contributed by atoms with E-state index < -0.39 is 0 Å². The zero-order valence-electron chi connectivity index (χ0n) is 16.1. The molecule has 0 fully saturated rings. The van der Waals surface area contributed by atoms with Crippen molar-refractivity contribution in [2.24, 2.45) is 0 Å². The predicted molar refractivity (Wildman–Crippen MR) is 103 cm³/mol. The van der Waals surface area contributed by atoms with Crippen molar-refractivity contribution in [2.75, 3.05) is 19.8 Å². The summed E-state index contributed by atoms with van der Waals surface area (Å²) in [5.41, 5.74) is 0. The third kappa shape index (κ3) is 11.5. The minimum Gasteiger partial charge on any atom is -0.359 e. The van der Waals surface area contributed by atoms with Gasteiger partial charge >= 0.3 is 0 Å². The molecule has 0 spiro atoms. The van der Waals surface area contributed by atoms with Crippen LogP contribution in [0.1, 0.15) is 104 Å². The van der Waals surface area contributed by atoms with E-state index in [-0.39, 0.29) is 0 Å². The topological polar surface area (TPSA) is 6.48 Å². The molecule has 0 aromatic carbocycles. The quantitative estimate of drug-likeness (QED) is 0.298. The van der Waals surface area contributed by atoms with Gasteiger partial charge in [-0.1, -0.05) is 90.9 Å². The van der Waals surface area contributed by atoms with E-state index in [1.54, 1.807) is 0 Å². The molecule has 1 heterocycles. The lowest BCUT2D eigenvalue weighted by atomic mass is 10.1. The smallest absolute Gasteiger partial charge is 0.0893 e. The van der Waals surface area contributed by atoms with Crippen molar-refractivity contribution in [2.45, 2.75) is 104 Å². The van der Waals surface area contributed by atoms with Crippen LogP contribution >= 0.6 is 0 Å². The molecule has 0 aromatic heterocycles. The average molecular weight is 323 g/mol. The highest BCUT2D eigenvalue weighted by molar-refractivity contribution is 4.90. The first-order valence-electron chi connectivity index (χ1n) is 10.5. The highest BCUT2D eigenvalue weighted by Crippen LogP contribution is 2.13. The molecule has 0 amide bonds. The fraction of sp³-hybridized carbons (Fsp3) is 0.905. The van der Waals surface area contributed by atoms with Gasteiger partial charge in [0.2, 0.25) is 0 Å². The van der Waals surface area contributed by atoms with Crippen molar-refractivity contribution < 1.29 is 0 Å². The van der Waals surface area contributed by atoms with E-state index in [9.17, 15) is 0 Å². The monoisotopic (exact) mass is 322 g/mol. The van der Waals surface area contributed by atoms with E-state index >= 15 is 0 Å². The molecule has 0 aliphatic carbocycles. The van der Waals surface area contributed by atoms with Gasteiger partial charge in [-0.3, -0.25) is 0 Å². The third-order valence-electron chi connectivity index (χ3n) is 4.95. The minimum absolute atomic E-state index is 1.13. The fourth-order valence-corrected chi connectivity index (χ4v) is 3.35. The van der Waals surface area contributed by atoms with Crippen molar-refractivity contribution in [1.82, 2.24) is 9.80 Å². The lowest BCUT2D eigenvalue weighted by Crippen LogP contribution is -2.26. The first-order valence-corrected chi connectivity index (χ1v) is 10.5. The Morgan fingerprint density at radius 2 is 0.870 bits per heavy atom. The molecule has 0 aromatic rings. The summed E-state index contributed by atoms with van der Waals surface area (Å²) in [5, 5.41) is 0. The summed E-state index contributed by atoms with van der Waals surface area (Å²) >= 11 is 0. The van der Waals surface area contributed by atoms with Crippen molar-refractivity contribution in [3.05, 3.63) is 12.4 Å². The fourth-order valence-electron chi connectivity index (χ4n) is 3.35. The molecule has 0 saturated carbocycles. The molecule has 0 saturated heterocycles. The van der Waals surface area contributed by atoms with Crippen LogP contribution < -0.4 is 0 Å². The second-order valence-electron chi connectivity index (χ2n) is 7.31. The second kappa shape index (κ2) is 14.9.